The van der Waals surface area contributed by atoms with E-state index in [-0.39, 0.29) is 0 Å². The van der Waals surface area contributed by atoms with Gasteiger partial charge in [-0.2, -0.15) is 0 Å². The molecule has 0 aliphatic carbocycles. The Morgan fingerprint density at radius 3 is 1.97 bits per heavy atom. The van der Waals surface area contributed by atoms with Crippen molar-refractivity contribution in [2.75, 3.05) is 39.3 Å². The van der Waals surface area contributed by atoms with Crippen LogP contribution in [-0.4, -0.2) is 64.8 Å². The van der Waals surface area contributed by atoms with Gasteiger partial charge in [-0.05, 0) is 42.0 Å². The first kappa shape index (κ1) is 23.8. The molecule has 1 aromatic heterocycles. The molecule has 6 heteroatoms. The number of hydrogen-bond donors (Lipinski definition) is 1. The summed E-state index contributed by atoms with van der Waals surface area (Å²) in [6.07, 6.45) is 4.02. The van der Waals surface area contributed by atoms with Crippen molar-refractivity contribution in [2.45, 2.75) is 12.6 Å². The number of piperazine rings is 1. The molecule has 1 N–H and O–H groups in total. The second-order valence-electron chi connectivity index (χ2n) is 9.00. The molecule has 176 valence electrons. The summed E-state index contributed by atoms with van der Waals surface area (Å²) in [6.45, 7) is 6.29. The van der Waals surface area contributed by atoms with Crippen molar-refractivity contribution in [1.82, 2.24) is 14.4 Å². The van der Waals surface area contributed by atoms with Crippen LogP contribution in [0.4, 0.5) is 0 Å². The van der Waals surface area contributed by atoms with Crippen LogP contribution >= 0.6 is 31.9 Å². The van der Waals surface area contributed by atoms with Crippen molar-refractivity contribution >= 4 is 59.7 Å². The molecule has 0 unspecified atom stereocenters. The summed E-state index contributed by atoms with van der Waals surface area (Å²) in [5.74, 6) is 0. The van der Waals surface area contributed by atoms with Crippen molar-refractivity contribution in [3.05, 3.63) is 87.3 Å². The number of fused-ring (bicyclic) bond motifs is 3. The quantitative estimate of drug-likeness (QED) is 0.289. The fourth-order valence-electron chi connectivity index (χ4n) is 4.87. The van der Waals surface area contributed by atoms with E-state index in [9.17, 15) is 5.11 Å². The molecule has 0 amide bonds. The number of nitrogens with zero attached hydrogens (tertiary/aromatic N) is 3. The van der Waals surface area contributed by atoms with Crippen molar-refractivity contribution < 1.29 is 5.11 Å². The van der Waals surface area contributed by atoms with Gasteiger partial charge in [0.05, 0.1) is 12.6 Å². The number of benzene rings is 3. The predicted octanol–water partition coefficient (Wildman–Crippen LogP) is 6.01. The van der Waals surface area contributed by atoms with E-state index in [0.717, 1.165) is 52.7 Å². The van der Waals surface area contributed by atoms with E-state index in [4.69, 9.17) is 0 Å². The van der Waals surface area contributed by atoms with Crippen molar-refractivity contribution in [3.8, 4) is 0 Å². The molecule has 0 spiro atoms. The van der Waals surface area contributed by atoms with E-state index in [1.807, 2.05) is 6.07 Å². The largest absolute Gasteiger partial charge is 0.390 e. The topological polar surface area (TPSA) is 31.6 Å². The minimum absolute atomic E-state index is 0.421. The molecule has 0 saturated carbocycles. The number of rotatable bonds is 7. The SMILES string of the molecule is O[C@@H](CN1CCN(C/C=C\c2ccccc2)CC1)Cn1c2ccc(Br)cc2c2cc(Br)ccc21. The smallest absolute Gasteiger partial charge is 0.0845 e. The van der Waals surface area contributed by atoms with Gasteiger partial charge in [-0.1, -0.05) is 74.3 Å². The molecule has 0 radical (unpaired) electrons. The van der Waals surface area contributed by atoms with E-state index in [1.54, 1.807) is 0 Å². The maximum absolute atomic E-state index is 11.0. The molecule has 2 heterocycles. The van der Waals surface area contributed by atoms with Gasteiger partial charge in [0, 0.05) is 70.0 Å². The standard InChI is InChI=1S/C28H29Br2N3O/c29-22-8-10-27-25(17-22)26-18-23(30)9-11-28(26)33(27)20-24(34)19-32-15-13-31(14-16-32)12-4-7-21-5-2-1-3-6-21/h1-11,17-18,24,34H,12-16,19-20H2/b7-4-/t24-/m0/s1. The second kappa shape index (κ2) is 10.8. The highest BCUT2D eigenvalue weighted by Crippen LogP contribution is 2.33. The average molecular weight is 583 g/mol. The number of aliphatic hydroxyl groups is 1. The van der Waals surface area contributed by atoms with E-state index in [0.29, 0.717) is 13.1 Å². The second-order valence-corrected chi connectivity index (χ2v) is 10.8. The Morgan fingerprint density at radius 1 is 0.765 bits per heavy atom. The third-order valence-electron chi connectivity index (χ3n) is 6.59. The molecular formula is C28H29Br2N3O. The lowest BCUT2D eigenvalue weighted by Gasteiger charge is -2.35. The van der Waals surface area contributed by atoms with Gasteiger partial charge in [-0.15, -0.1) is 0 Å². The number of halogens is 2. The minimum Gasteiger partial charge on any atom is -0.390 e. The Hall–Kier alpha value is -1.96. The number of β-amino-alcohol motifs (C(OH)–C–C–N with tert-alkyl or cyclic N) is 1. The van der Waals surface area contributed by atoms with Crippen LogP contribution in [0.1, 0.15) is 5.56 Å². The Kier molecular flexibility index (Phi) is 7.52. The minimum atomic E-state index is -0.421. The summed E-state index contributed by atoms with van der Waals surface area (Å²) >= 11 is 7.22. The fraction of sp³-hybridized carbons (Fsp3) is 0.286. The van der Waals surface area contributed by atoms with Crippen LogP contribution in [0.5, 0.6) is 0 Å². The van der Waals surface area contributed by atoms with Crippen molar-refractivity contribution in [2.24, 2.45) is 0 Å². The van der Waals surface area contributed by atoms with Crippen LogP contribution in [0.25, 0.3) is 27.9 Å². The van der Waals surface area contributed by atoms with Crippen molar-refractivity contribution in [1.29, 1.82) is 0 Å². The number of aliphatic hydroxyl groups excluding tert-OH is 1. The van der Waals surface area contributed by atoms with Gasteiger partial charge in [0.1, 0.15) is 0 Å². The van der Waals surface area contributed by atoms with E-state index in [2.05, 4.69) is 119 Å². The Bertz CT molecular complexity index is 1230. The molecule has 0 bridgehead atoms. The van der Waals surface area contributed by atoms with Crippen LogP contribution in [-0.2, 0) is 6.54 Å². The van der Waals surface area contributed by atoms with Gasteiger partial charge in [0.15, 0.2) is 0 Å². The van der Waals surface area contributed by atoms with Gasteiger partial charge in [-0.25, -0.2) is 0 Å². The molecule has 1 aliphatic rings. The van der Waals surface area contributed by atoms with Gasteiger partial charge >= 0.3 is 0 Å². The third kappa shape index (κ3) is 5.47. The van der Waals surface area contributed by atoms with Crippen LogP contribution in [0, 0.1) is 0 Å². The normalized spacial score (nSPS) is 16.7. The zero-order valence-corrected chi connectivity index (χ0v) is 22.2. The van der Waals surface area contributed by atoms with E-state index < -0.39 is 6.10 Å². The Morgan fingerprint density at radius 2 is 1.35 bits per heavy atom. The maximum Gasteiger partial charge on any atom is 0.0845 e. The van der Waals surface area contributed by atoms with E-state index >= 15 is 0 Å². The van der Waals surface area contributed by atoms with Crippen LogP contribution in [0.3, 0.4) is 0 Å². The summed E-state index contributed by atoms with van der Waals surface area (Å²) in [4.78, 5) is 4.87. The lowest BCUT2D eigenvalue weighted by molar-refractivity contribution is 0.0688. The molecule has 1 saturated heterocycles. The molecule has 4 nitrogen and oxygen atoms in total. The summed E-state index contributed by atoms with van der Waals surface area (Å²) in [5.41, 5.74) is 3.56. The predicted molar refractivity (Wildman–Crippen MR) is 149 cm³/mol. The lowest BCUT2D eigenvalue weighted by Crippen LogP contribution is -2.48. The average Bonchev–Trinajstić information content (AvgIpc) is 3.12. The zero-order valence-electron chi connectivity index (χ0n) is 19.1. The van der Waals surface area contributed by atoms with Gasteiger partial charge < -0.3 is 9.67 Å². The third-order valence-corrected chi connectivity index (χ3v) is 7.58. The molecule has 5 rings (SSSR count). The molecule has 1 aliphatic heterocycles. The van der Waals surface area contributed by atoms with Gasteiger partial charge in [0.2, 0.25) is 0 Å². The van der Waals surface area contributed by atoms with Crippen LogP contribution in [0.15, 0.2) is 81.8 Å². The van der Waals surface area contributed by atoms with E-state index in [1.165, 1.54) is 16.3 Å². The molecule has 1 fully saturated rings. The van der Waals surface area contributed by atoms with Crippen LogP contribution < -0.4 is 0 Å². The highest BCUT2D eigenvalue weighted by molar-refractivity contribution is 9.10. The Balaban J connectivity index is 1.20. The number of hydrogen-bond acceptors (Lipinski definition) is 3. The fourth-order valence-corrected chi connectivity index (χ4v) is 5.59. The number of aromatic nitrogens is 1. The Labute approximate surface area is 217 Å². The van der Waals surface area contributed by atoms with Crippen LogP contribution in [0.2, 0.25) is 0 Å². The maximum atomic E-state index is 11.0. The lowest BCUT2D eigenvalue weighted by atomic mass is 10.2. The zero-order chi connectivity index (χ0) is 23.5. The first-order valence-corrected chi connectivity index (χ1v) is 13.4. The molecule has 4 aromatic rings. The molecular weight excluding hydrogens is 554 g/mol. The molecule has 3 aromatic carbocycles. The molecule has 1 atom stereocenters. The summed E-state index contributed by atoms with van der Waals surface area (Å²) < 4.78 is 4.39. The summed E-state index contributed by atoms with van der Waals surface area (Å²) in [6, 6.07) is 23.2. The highest BCUT2D eigenvalue weighted by Gasteiger charge is 2.20. The first-order chi connectivity index (χ1) is 16.6. The monoisotopic (exact) mass is 581 g/mol. The summed E-state index contributed by atoms with van der Waals surface area (Å²) in [5, 5.41) is 13.4. The summed E-state index contributed by atoms with van der Waals surface area (Å²) in [7, 11) is 0. The van der Waals surface area contributed by atoms with Gasteiger partial charge in [-0.3, -0.25) is 9.80 Å². The first-order valence-electron chi connectivity index (χ1n) is 11.8. The highest BCUT2D eigenvalue weighted by atomic mass is 79.9. The molecule has 34 heavy (non-hydrogen) atoms. The van der Waals surface area contributed by atoms with Gasteiger partial charge in [0.25, 0.3) is 0 Å². The van der Waals surface area contributed by atoms with Crippen molar-refractivity contribution in [3.63, 3.8) is 0 Å².